The summed E-state index contributed by atoms with van der Waals surface area (Å²) in [6.45, 7) is 0.716. The molecule has 2 aromatic heterocycles. The second kappa shape index (κ2) is 3.59. The number of ether oxygens (including phenoxy) is 1. The molecule has 1 fully saturated rings. The molecule has 1 aliphatic carbocycles. The Kier molecular flexibility index (Phi) is 2.09. The maximum atomic E-state index is 10.7. The highest BCUT2D eigenvalue weighted by Crippen LogP contribution is 2.29. The lowest BCUT2D eigenvalue weighted by Crippen LogP contribution is -2.02. The minimum atomic E-state index is 0.483. The van der Waals surface area contributed by atoms with Crippen LogP contribution in [0.5, 0.6) is 5.88 Å². The molecule has 0 unspecified atom stereocenters. The fraction of sp³-hybridized carbons (Fsp3) is 0.364. The van der Waals surface area contributed by atoms with Crippen LogP contribution in [0.3, 0.4) is 0 Å². The van der Waals surface area contributed by atoms with Crippen molar-refractivity contribution in [1.82, 2.24) is 14.6 Å². The Bertz CT molecular complexity index is 531. The maximum absolute atomic E-state index is 10.7. The molecule has 2 heterocycles. The summed E-state index contributed by atoms with van der Waals surface area (Å²) >= 11 is 0. The molecule has 2 aromatic rings. The van der Waals surface area contributed by atoms with Gasteiger partial charge in [-0.3, -0.25) is 4.79 Å². The molecule has 1 aliphatic rings. The lowest BCUT2D eigenvalue weighted by Gasteiger charge is -2.03. The maximum Gasteiger partial charge on any atom is 0.216 e. The van der Waals surface area contributed by atoms with Gasteiger partial charge in [0.05, 0.1) is 18.4 Å². The fourth-order valence-electron chi connectivity index (χ4n) is 1.52. The molecule has 0 N–H and O–H groups in total. The van der Waals surface area contributed by atoms with Gasteiger partial charge in [0.25, 0.3) is 0 Å². The van der Waals surface area contributed by atoms with Gasteiger partial charge in [0.2, 0.25) is 5.88 Å². The van der Waals surface area contributed by atoms with Gasteiger partial charge in [0.15, 0.2) is 11.9 Å². The highest BCUT2D eigenvalue weighted by Gasteiger charge is 2.22. The van der Waals surface area contributed by atoms with Gasteiger partial charge in [-0.15, -0.1) is 0 Å². The van der Waals surface area contributed by atoms with Crippen LogP contribution in [0.15, 0.2) is 18.5 Å². The molecule has 5 nitrogen and oxygen atoms in total. The summed E-state index contributed by atoms with van der Waals surface area (Å²) in [5, 5.41) is 4.01. The Hall–Kier alpha value is -1.91. The molecule has 16 heavy (non-hydrogen) atoms. The highest BCUT2D eigenvalue weighted by molar-refractivity contribution is 5.83. The second-order valence-electron chi connectivity index (χ2n) is 4.01. The summed E-state index contributed by atoms with van der Waals surface area (Å²) in [5.41, 5.74) is 1.03. The molecule has 0 atom stereocenters. The third-order valence-corrected chi connectivity index (χ3v) is 2.66. The van der Waals surface area contributed by atoms with Gasteiger partial charge in [0, 0.05) is 12.3 Å². The van der Waals surface area contributed by atoms with Crippen molar-refractivity contribution in [2.24, 2.45) is 5.92 Å². The standard InChI is InChI=1S/C11H11N3O2/c15-6-9-5-12-14-4-3-10(13-11(9)14)16-7-8-1-2-8/h3-6,8H,1-2,7H2. The highest BCUT2D eigenvalue weighted by atomic mass is 16.5. The Morgan fingerprint density at radius 3 is 3.19 bits per heavy atom. The number of carbonyl (C=O) groups is 1. The van der Waals surface area contributed by atoms with Crippen molar-refractivity contribution in [3.05, 3.63) is 24.0 Å². The van der Waals surface area contributed by atoms with Crippen LogP contribution in [0, 0.1) is 5.92 Å². The zero-order valence-electron chi connectivity index (χ0n) is 8.67. The van der Waals surface area contributed by atoms with Gasteiger partial charge in [0.1, 0.15) is 0 Å². The first kappa shape index (κ1) is 9.33. The van der Waals surface area contributed by atoms with Gasteiger partial charge >= 0.3 is 0 Å². The summed E-state index contributed by atoms with van der Waals surface area (Å²) in [6.07, 6.45) is 6.49. The molecule has 82 valence electrons. The van der Waals surface area contributed by atoms with Gasteiger partial charge < -0.3 is 4.74 Å². The lowest BCUT2D eigenvalue weighted by molar-refractivity contribution is 0.112. The molecule has 0 bridgehead atoms. The molecule has 0 amide bonds. The zero-order chi connectivity index (χ0) is 11.0. The zero-order valence-corrected chi connectivity index (χ0v) is 8.67. The number of carbonyl (C=O) groups excluding carboxylic acids is 1. The van der Waals surface area contributed by atoms with Crippen LogP contribution >= 0.6 is 0 Å². The van der Waals surface area contributed by atoms with E-state index in [1.807, 2.05) is 0 Å². The molecule has 5 heteroatoms. The molecule has 0 radical (unpaired) electrons. The third-order valence-electron chi connectivity index (χ3n) is 2.66. The Morgan fingerprint density at radius 1 is 1.56 bits per heavy atom. The first-order valence-corrected chi connectivity index (χ1v) is 5.29. The van der Waals surface area contributed by atoms with Crippen LogP contribution in [0.4, 0.5) is 0 Å². The summed E-state index contributed by atoms with van der Waals surface area (Å²) < 4.78 is 7.10. The topological polar surface area (TPSA) is 56.5 Å². The lowest BCUT2D eigenvalue weighted by atomic mass is 10.4. The molecular formula is C11H11N3O2. The van der Waals surface area contributed by atoms with Crippen LogP contribution in [0.1, 0.15) is 23.2 Å². The number of hydrogen-bond donors (Lipinski definition) is 0. The molecule has 1 saturated carbocycles. The van der Waals surface area contributed by atoms with E-state index in [0.29, 0.717) is 29.6 Å². The van der Waals surface area contributed by atoms with Gasteiger partial charge in [-0.05, 0) is 18.8 Å². The van der Waals surface area contributed by atoms with E-state index < -0.39 is 0 Å². The van der Waals surface area contributed by atoms with E-state index in [0.717, 1.165) is 6.29 Å². The quantitative estimate of drug-likeness (QED) is 0.725. The predicted molar refractivity (Wildman–Crippen MR) is 56.6 cm³/mol. The SMILES string of the molecule is O=Cc1cnn2ccc(OCC3CC3)nc12. The molecule has 0 spiro atoms. The number of fused-ring (bicyclic) bond motifs is 1. The van der Waals surface area contributed by atoms with Crippen LogP contribution in [-0.4, -0.2) is 27.5 Å². The van der Waals surface area contributed by atoms with Gasteiger partial charge in [-0.25, -0.2) is 4.52 Å². The first-order chi connectivity index (χ1) is 7.86. The van der Waals surface area contributed by atoms with Crippen molar-refractivity contribution in [1.29, 1.82) is 0 Å². The third kappa shape index (κ3) is 1.64. The van der Waals surface area contributed by atoms with E-state index in [4.69, 9.17) is 4.74 Å². The average Bonchev–Trinajstić information content (AvgIpc) is 3.05. The molecule has 3 rings (SSSR count). The smallest absolute Gasteiger partial charge is 0.216 e. The fourth-order valence-corrected chi connectivity index (χ4v) is 1.52. The van der Waals surface area contributed by atoms with E-state index >= 15 is 0 Å². The van der Waals surface area contributed by atoms with E-state index in [1.165, 1.54) is 19.0 Å². The van der Waals surface area contributed by atoms with Crippen molar-refractivity contribution >= 4 is 11.9 Å². The number of aromatic nitrogens is 3. The molecule has 0 aromatic carbocycles. The van der Waals surface area contributed by atoms with E-state index in [2.05, 4.69) is 10.1 Å². The Labute approximate surface area is 92.1 Å². The van der Waals surface area contributed by atoms with Crippen LogP contribution in [-0.2, 0) is 0 Å². The number of rotatable bonds is 4. The largest absolute Gasteiger partial charge is 0.477 e. The monoisotopic (exact) mass is 217 g/mol. The minimum absolute atomic E-state index is 0.483. The summed E-state index contributed by atoms with van der Waals surface area (Å²) in [6, 6.07) is 1.76. The summed E-state index contributed by atoms with van der Waals surface area (Å²) in [5.74, 6) is 1.25. The van der Waals surface area contributed by atoms with Crippen molar-refractivity contribution in [3.8, 4) is 5.88 Å². The summed E-state index contributed by atoms with van der Waals surface area (Å²) in [4.78, 5) is 15.0. The normalized spacial score (nSPS) is 15.2. The van der Waals surface area contributed by atoms with Crippen LogP contribution in [0.25, 0.3) is 5.65 Å². The number of nitrogens with zero attached hydrogens (tertiary/aromatic N) is 3. The minimum Gasteiger partial charge on any atom is -0.477 e. The van der Waals surface area contributed by atoms with Crippen LogP contribution < -0.4 is 4.74 Å². The molecule has 0 saturated heterocycles. The predicted octanol–water partition coefficient (Wildman–Crippen LogP) is 1.33. The van der Waals surface area contributed by atoms with E-state index in [-0.39, 0.29) is 0 Å². The number of aldehydes is 1. The van der Waals surface area contributed by atoms with Gasteiger partial charge in [-0.1, -0.05) is 0 Å². The van der Waals surface area contributed by atoms with Crippen molar-refractivity contribution in [2.45, 2.75) is 12.8 Å². The number of hydrogen-bond acceptors (Lipinski definition) is 4. The Morgan fingerprint density at radius 2 is 2.44 bits per heavy atom. The van der Waals surface area contributed by atoms with Gasteiger partial charge in [-0.2, -0.15) is 10.1 Å². The average molecular weight is 217 g/mol. The second-order valence-corrected chi connectivity index (χ2v) is 4.01. The summed E-state index contributed by atoms with van der Waals surface area (Å²) in [7, 11) is 0. The van der Waals surface area contributed by atoms with Crippen molar-refractivity contribution in [3.63, 3.8) is 0 Å². The first-order valence-electron chi connectivity index (χ1n) is 5.29. The molecule has 0 aliphatic heterocycles. The van der Waals surface area contributed by atoms with E-state index in [1.54, 1.807) is 16.8 Å². The van der Waals surface area contributed by atoms with Crippen LogP contribution in [0.2, 0.25) is 0 Å². The Balaban J connectivity index is 1.89. The van der Waals surface area contributed by atoms with Crippen molar-refractivity contribution < 1.29 is 9.53 Å². The molecular weight excluding hydrogens is 206 g/mol. The van der Waals surface area contributed by atoms with Crippen molar-refractivity contribution in [2.75, 3.05) is 6.61 Å². The van der Waals surface area contributed by atoms with E-state index in [9.17, 15) is 4.79 Å².